The van der Waals surface area contributed by atoms with Crippen LogP contribution in [-0.4, -0.2) is 28.6 Å². The van der Waals surface area contributed by atoms with E-state index in [0.717, 1.165) is 12.2 Å². The largest absolute Gasteiger partial charge is 0.478 e. The van der Waals surface area contributed by atoms with Crippen LogP contribution in [0.5, 0.6) is 0 Å². The van der Waals surface area contributed by atoms with Crippen molar-refractivity contribution in [1.82, 2.24) is 0 Å². The van der Waals surface area contributed by atoms with Crippen LogP contribution in [-0.2, 0) is 0 Å². The second kappa shape index (κ2) is 5.93. The van der Waals surface area contributed by atoms with Gasteiger partial charge in [-0.15, -0.1) is 0 Å². The Kier molecular flexibility index (Phi) is 4.50. The number of thioether (sulfide) groups is 1. The van der Waals surface area contributed by atoms with E-state index in [9.17, 15) is 9.18 Å². The van der Waals surface area contributed by atoms with E-state index in [1.165, 1.54) is 18.6 Å². The zero-order valence-electron chi connectivity index (χ0n) is 9.58. The Morgan fingerprint density at radius 3 is 3.00 bits per heavy atom. The first-order valence-electron chi connectivity index (χ1n) is 5.66. The molecule has 98 valence electrons. The van der Waals surface area contributed by atoms with Gasteiger partial charge in [0.25, 0.3) is 0 Å². The fourth-order valence-corrected chi connectivity index (χ4v) is 3.60. The molecule has 1 saturated heterocycles. The first kappa shape index (κ1) is 13.7. The van der Waals surface area contributed by atoms with Gasteiger partial charge in [0.2, 0.25) is 0 Å². The summed E-state index contributed by atoms with van der Waals surface area (Å²) >= 11 is 4.87. The van der Waals surface area contributed by atoms with E-state index in [1.807, 2.05) is 11.8 Å². The molecule has 0 spiro atoms. The quantitative estimate of drug-likeness (QED) is 0.883. The van der Waals surface area contributed by atoms with Crippen LogP contribution in [0.1, 0.15) is 23.2 Å². The molecule has 1 atom stereocenters. The first-order chi connectivity index (χ1) is 8.59. The lowest BCUT2D eigenvalue weighted by molar-refractivity contribution is 0.0695. The third kappa shape index (κ3) is 2.98. The average molecular weight is 334 g/mol. The van der Waals surface area contributed by atoms with Gasteiger partial charge in [-0.25, -0.2) is 9.18 Å². The van der Waals surface area contributed by atoms with Crippen molar-refractivity contribution >= 4 is 39.3 Å². The van der Waals surface area contributed by atoms with Gasteiger partial charge in [0.1, 0.15) is 0 Å². The minimum Gasteiger partial charge on any atom is -0.478 e. The number of benzene rings is 1. The summed E-state index contributed by atoms with van der Waals surface area (Å²) in [5, 5.41) is 12.4. The van der Waals surface area contributed by atoms with Crippen molar-refractivity contribution in [3.05, 3.63) is 28.0 Å². The minimum atomic E-state index is -1.14. The van der Waals surface area contributed by atoms with Gasteiger partial charge in [0.05, 0.1) is 15.7 Å². The molecule has 1 fully saturated rings. The van der Waals surface area contributed by atoms with Crippen molar-refractivity contribution in [2.24, 2.45) is 0 Å². The Bertz CT molecular complexity index is 464. The lowest BCUT2D eigenvalue weighted by Crippen LogP contribution is -2.15. The molecular weight excluding hydrogens is 321 g/mol. The van der Waals surface area contributed by atoms with Crippen LogP contribution in [0, 0.1) is 5.82 Å². The Hall–Kier alpha value is -0.750. The SMILES string of the molecule is O=C(O)c1ccc(NCC2CCCS2)c(F)c1Br. The molecule has 6 heteroatoms. The molecule has 1 aromatic carbocycles. The Morgan fingerprint density at radius 1 is 1.61 bits per heavy atom. The van der Waals surface area contributed by atoms with Crippen LogP contribution in [0.4, 0.5) is 10.1 Å². The number of carbonyl (C=O) groups is 1. The van der Waals surface area contributed by atoms with E-state index < -0.39 is 11.8 Å². The van der Waals surface area contributed by atoms with E-state index in [1.54, 1.807) is 0 Å². The smallest absolute Gasteiger partial charge is 0.336 e. The maximum atomic E-state index is 13.9. The predicted molar refractivity (Wildman–Crippen MR) is 75.0 cm³/mol. The lowest BCUT2D eigenvalue weighted by Gasteiger charge is -2.13. The topological polar surface area (TPSA) is 49.3 Å². The van der Waals surface area contributed by atoms with E-state index in [4.69, 9.17) is 5.11 Å². The number of carboxylic acid groups (broad SMARTS) is 1. The van der Waals surface area contributed by atoms with Crippen molar-refractivity contribution in [2.75, 3.05) is 17.6 Å². The van der Waals surface area contributed by atoms with Crippen LogP contribution in [0.25, 0.3) is 0 Å². The van der Waals surface area contributed by atoms with Crippen LogP contribution < -0.4 is 5.32 Å². The van der Waals surface area contributed by atoms with Gasteiger partial charge in [0, 0.05) is 11.8 Å². The highest BCUT2D eigenvalue weighted by atomic mass is 79.9. The number of aromatic carboxylic acids is 1. The molecule has 0 bridgehead atoms. The van der Waals surface area contributed by atoms with Crippen LogP contribution in [0.2, 0.25) is 0 Å². The van der Waals surface area contributed by atoms with Crippen molar-refractivity contribution in [2.45, 2.75) is 18.1 Å². The number of rotatable bonds is 4. The molecule has 2 N–H and O–H groups in total. The van der Waals surface area contributed by atoms with Gasteiger partial charge in [-0.3, -0.25) is 0 Å². The second-order valence-electron chi connectivity index (χ2n) is 4.11. The van der Waals surface area contributed by atoms with Gasteiger partial charge in [-0.2, -0.15) is 11.8 Å². The predicted octanol–water partition coefficient (Wildman–Crippen LogP) is 3.59. The maximum Gasteiger partial charge on any atom is 0.336 e. The zero-order valence-corrected chi connectivity index (χ0v) is 12.0. The summed E-state index contributed by atoms with van der Waals surface area (Å²) < 4.78 is 13.9. The molecule has 0 amide bonds. The van der Waals surface area contributed by atoms with Gasteiger partial charge in [-0.1, -0.05) is 0 Å². The zero-order chi connectivity index (χ0) is 13.1. The number of anilines is 1. The molecule has 1 aliphatic rings. The van der Waals surface area contributed by atoms with Crippen LogP contribution >= 0.6 is 27.7 Å². The van der Waals surface area contributed by atoms with Gasteiger partial charge < -0.3 is 10.4 Å². The van der Waals surface area contributed by atoms with Gasteiger partial charge in [-0.05, 0) is 46.7 Å². The fraction of sp³-hybridized carbons (Fsp3) is 0.417. The first-order valence-corrected chi connectivity index (χ1v) is 7.50. The third-order valence-electron chi connectivity index (χ3n) is 2.86. The van der Waals surface area contributed by atoms with E-state index in [2.05, 4.69) is 21.2 Å². The number of hydrogen-bond donors (Lipinski definition) is 2. The number of nitrogens with one attached hydrogen (secondary N) is 1. The number of hydrogen-bond acceptors (Lipinski definition) is 3. The number of halogens is 2. The summed E-state index contributed by atoms with van der Waals surface area (Å²) in [7, 11) is 0. The molecule has 2 rings (SSSR count). The van der Waals surface area contributed by atoms with E-state index >= 15 is 0 Å². The van der Waals surface area contributed by atoms with Crippen molar-refractivity contribution in [3.8, 4) is 0 Å². The summed E-state index contributed by atoms with van der Waals surface area (Å²) in [6.07, 6.45) is 2.36. The summed E-state index contributed by atoms with van der Waals surface area (Å²) in [5.74, 6) is -0.521. The highest BCUT2D eigenvalue weighted by Gasteiger charge is 2.18. The molecule has 0 aromatic heterocycles. The molecule has 18 heavy (non-hydrogen) atoms. The maximum absolute atomic E-state index is 13.9. The summed E-state index contributed by atoms with van der Waals surface area (Å²) in [4.78, 5) is 10.8. The van der Waals surface area contributed by atoms with Gasteiger partial charge in [0.15, 0.2) is 5.82 Å². The minimum absolute atomic E-state index is 0.000856. The monoisotopic (exact) mass is 333 g/mol. The second-order valence-corrected chi connectivity index (χ2v) is 6.31. The highest BCUT2D eigenvalue weighted by molar-refractivity contribution is 9.10. The molecule has 1 unspecified atom stereocenters. The van der Waals surface area contributed by atoms with E-state index in [0.29, 0.717) is 17.5 Å². The summed E-state index contributed by atoms with van der Waals surface area (Å²) in [6.45, 7) is 0.709. The van der Waals surface area contributed by atoms with E-state index in [-0.39, 0.29) is 10.0 Å². The molecule has 1 aliphatic heterocycles. The molecule has 1 aromatic rings. The lowest BCUT2D eigenvalue weighted by atomic mass is 10.2. The Morgan fingerprint density at radius 2 is 2.39 bits per heavy atom. The van der Waals surface area contributed by atoms with Crippen LogP contribution in [0.15, 0.2) is 16.6 Å². The highest BCUT2D eigenvalue weighted by Crippen LogP contribution is 2.29. The molecule has 0 aliphatic carbocycles. The average Bonchev–Trinajstić information content (AvgIpc) is 2.83. The summed E-state index contributed by atoms with van der Waals surface area (Å²) in [5.41, 5.74) is 0.285. The number of carboxylic acids is 1. The Balaban J connectivity index is 2.09. The van der Waals surface area contributed by atoms with Crippen molar-refractivity contribution in [1.29, 1.82) is 0 Å². The standard InChI is InChI=1S/C12H13BrFNO2S/c13-10-8(12(16)17)3-4-9(11(10)14)15-6-7-2-1-5-18-7/h3-4,7,15H,1-2,5-6H2,(H,16,17). The molecule has 0 saturated carbocycles. The molecule has 3 nitrogen and oxygen atoms in total. The third-order valence-corrected chi connectivity index (χ3v) is 5.03. The fourth-order valence-electron chi connectivity index (χ4n) is 1.88. The van der Waals surface area contributed by atoms with Gasteiger partial charge >= 0.3 is 5.97 Å². The van der Waals surface area contributed by atoms with Crippen LogP contribution in [0.3, 0.4) is 0 Å². The Labute approximate surface area is 117 Å². The molecule has 0 radical (unpaired) electrons. The molecular formula is C12H13BrFNO2S. The van der Waals surface area contributed by atoms with Crippen molar-refractivity contribution in [3.63, 3.8) is 0 Å². The summed E-state index contributed by atoms with van der Waals surface area (Å²) in [6, 6.07) is 2.88. The van der Waals surface area contributed by atoms with Crippen molar-refractivity contribution < 1.29 is 14.3 Å². The normalized spacial score (nSPS) is 18.9. The molecule has 1 heterocycles.